The molecular formula is C13H17NO. The molecule has 2 nitrogen and oxygen atoms in total. The smallest absolute Gasteiger partial charge is 0.150 e. The number of rotatable bonds is 2. The molecule has 1 aromatic carbocycles. The number of benzene rings is 1. The maximum absolute atomic E-state index is 10.7. The van der Waals surface area contributed by atoms with Gasteiger partial charge in [0.1, 0.15) is 6.29 Å². The zero-order valence-electron chi connectivity index (χ0n) is 9.07. The van der Waals surface area contributed by atoms with E-state index in [1.807, 2.05) is 18.2 Å². The summed E-state index contributed by atoms with van der Waals surface area (Å²) in [5, 5.41) is 3.52. The monoisotopic (exact) mass is 203 g/mol. The van der Waals surface area contributed by atoms with Gasteiger partial charge in [0.25, 0.3) is 0 Å². The molecule has 15 heavy (non-hydrogen) atoms. The molecule has 0 radical (unpaired) electrons. The van der Waals surface area contributed by atoms with E-state index in [-0.39, 0.29) is 0 Å². The minimum atomic E-state index is 0.415. The molecule has 0 spiro atoms. The van der Waals surface area contributed by atoms with Gasteiger partial charge in [-0.05, 0) is 36.9 Å². The predicted molar refractivity (Wildman–Crippen MR) is 61.0 cm³/mol. The molecule has 1 N–H and O–H groups in total. The first-order chi connectivity index (χ1) is 7.31. The zero-order valence-corrected chi connectivity index (χ0v) is 9.07. The molecule has 0 bridgehead atoms. The van der Waals surface area contributed by atoms with Gasteiger partial charge in [0.2, 0.25) is 0 Å². The maximum Gasteiger partial charge on any atom is 0.150 e. The van der Waals surface area contributed by atoms with Crippen LogP contribution >= 0.6 is 0 Å². The first kappa shape index (κ1) is 10.4. The SMILES string of the molecule is CC1CCCNC1c1cccc(C=O)c1. The summed E-state index contributed by atoms with van der Waals surface area (Å²) in [6.45, 7) is 3.35. The summed E-state index contributed by atoms with van der Waals surface area (Å²) in [4.78, 5) is 10.7. The van der Waals surface area contributed by atoms with E-state index < -0.39 is 0 Å². The summed E-state index contributed by atoms with van der Waals surface area (Å²) in [5.41, 5.74) is 2.01. The average Bonchev–Trinajstić information content (AvgIpc) is 2.30. The topological polar surface area (TPSA) is 29.1 Å². The van der Waals surface area contributed by atoms with E-state index in [0.717, 1.165) is 18.4 Å². The van der Waals surface area contributed by atoms with Gasteiger partial charge in [0, 0.05) is 11.6 Å². The summed E-state index contributed by atoms with van der Waals surface area (Å²) in [7, 11) is 0. The third-order valence-corrected chi connectivity index (χ3v) is 3.18. The Morgan fingerprint density at radius 3 is 3.07 bits per heavy atom. The lowest BCUT2D eigenvalue weighted by molar-refractivity contribution is 0.112. The Morgan fingerprint density at radius 1 is 1.47 bits per heavy atom. The molecule has 1 aliphatic heterocycles. The van der Waals surface area contributed by atoms with Gasteiger partial charge in [0.05, 0.1) is 0 Å². The van der Waals surface area contributed by atoms with Gasteiger partial charge < -0.3 is 5.32 Å². The predicted octanol–water partition coefficient (Wildman–Crippen LogP) is 2.56. The van der Waals surface area contributed by atoms with E-state index in [9.17, 15) is 4.79 Å². The number of carbonyl (C=O) groups excluding carboxylic acids is 1. The van der Waals surface area contributed by atoms with Crippen LogP contribution in [0.2, 0.25) is 0 Å². The first-order valence-corrected chi connectivity index (χ1v) is 5.60. The van der Waals surface area contributed by atoms with Gasteiger partial charge in [-0.3, -0.25) is 4.79 Å². The molecule has 0 aliphatic carbocycles. The van der Waals surface area contributed by atoms with Gasteiger partial charge >= 0.3 is 0 Å². The molecule has 1 fully saturated rings. The molecule has 1 saturated heterocycles. The van der Waals surface area contributed by atoms with Crippen LogP contribution in [-0.2, 0) is 0 Å². The number of piperidine rings is 1. The normalized spacial score (nSPS) is 26.2. The molecule has 0 aromatic heterocycles. The van der Waals surface area contributed by atoms with Crippen LogP contribution in [0.1, 0.15) is 41.7 Å². The van der Waals surface area contributed by atoms with Crippen LogP contribution in [0, 0.1) is 5.92 Å². The number of hydrogen-bond donors (Lipinski definition) is 1. The minimum Gasteiger partial charge on any atom is -0.310 e. The molecule has 0 amide bonds. The van der Waals surface area contributed by atoms with Crippen LogP contribution < -0.4 is 5.32 Å². The minimum absolute atomic E-state index is 0.415. The van der Waals surface area contributed by atoms with Crippen molar-refractivity contribution in [2.24, 2.45) is 5.92 Å². The molecule has 1 aromatic rings. The Labute approximate surface area is 90.7 Å². The molecule has 0 saturated carbocycles. The van der Waals surface area contributed by atoms with Gasteiger partial charge in [-0.1, -0.05) is 25.1 Å². The van der Waals surface area contributed by atoms with Crippen molar-refractivity contribution in [2.45, 2.75) is 25.8 Å². The van der Waals surface area contributed by atoms with E-state index in [1.54, 1.807) is 0 Å². The maximum atomic E-state index is 10.7. The molecule has 80 valence electrons. The van der Waals surface area contributed by atoms with Crippen LogP contribution in [0.5, 0.6) is 0 Å². The standard InChI is InChI=1S/C13H17NO/c1-10-4-3-7-14-13(10)12-6-2-5-11(8-12)9-15/h2,5-6,8-10,13-14H,3-4,7H2,1H3. The Hall–Kier alpha value is -1.15. The molecule has 2 unspecified atom stereocenters. The zero-order chi connectivity index (χ0) is 10.7. The third-order valence-electron chi connectivity index (χ3n) is 3.18. The molecule has 2 atom stereocenters. The Bertz CT molecular complexity index is 348. The van der Waals surface area contributed by atoms with Gasteiger partial charge in [-0.2, -0.15) is 0 Å². The highest BCUT2D eigenvalue weighted by Gasteiger charge is 2.22. The van der Waals surface area contributed by atoms with Crippen LogP contribution in [0.3, 0.4) is 0 Å². The van der Waals surface area contributed by atoms with E-state index >= 15 is 0 Å². The van der Waals surface area contributed by atoms with Crippen molar-refractivity contribution < 1.29 is 4.79 Å². The van der Waals surface area contributed by atoms with Crippen LogP contribution in [0.4, 0.5) is 0 Å². The first-order valence-electron chi connectivity index (χ1n) is 5.60. The highest BCUT2D eigenvalue weighted by molar-refractivity contribution is 5.75. The fourth-order valence-electron chi connectivity index (χ4n) is 2.32. The third kappa shape index (κ3) is 2.26. The summed E-state index contributed by atoms with van der Waals surface area (Å²) >= 11 is 0. The lowest BCUT2D eigenvalue weighted by atomic mass is 9.87. The molecule has 1 heterocycles. The van der Waals surface area contributed by atoms with Crippen molar-refractivity contribution in [3.8, 4) is 0 Å². The highest BCUT2D eigenvalue weighted by atomic mass is 16.1. The van der Waals surface area contributed by atoms with Gasteiger partial charge in [-0.25, -0.2) is 0 Å². The lowest BCUT2D eigenvalue weighted by Crippen LogP contribution is -2.32. The van der Waals surface area contributed by atoms with Crippen LogP contribution in [-0.4, -0.2) is 12.8 Å². The molecule has 1 aliphatic rings. The van der Waals surface area contributed by atoms with Crippen molar-refractivity contribution in [3.05, 3.63) is 35.4 Å². The quantitative estimate of drug-likeness (QED) is 0.748. The van der Waals surface area contributed by atoms with Crippen molar-refractivity contribution >= 4 is 6.29 Å². The van der Waals surface area contributed by atoms with E-state index in [0.29, 0.717) is 12.0 Å². The molecule has 2 rings (SSSR count). The van der Waals surface area contributed by atoms with E-state index in [1.165, 1.54) is 18.4 Å². The second-order valence-electron chi connectivity index (χ2n) is 4.34. The molecule has 2 heteroatoms. The van der Waals surface area contributed by atoms with Crippen LogP contribution in [0.15, 0.2) is 24.3 Å². The Kier molecular flexibility index (Phi) is 3.17. The largest absolute Gasteiger partial charge is 0.310 e. The molecular weight excluding hydrogens is 186 g/mol. The second kappa shape index (κ2) is 4.58. The summed E-state index contributed by atoms with van der Waals surface area (Å²) in [5.74, 6) is 0.653. The summed E-state index contributed by atoms with van der Waals surface area (Å²) in [6, 6.07) is 8.32. The van der Waals surface area contributed by atoms with Crippen molar-refractivity contribution in [2.75, 3.05) is 6.54 Å². The number of nitrogens with one attached hydrogen (secondary N) is 1. The number of carbonyl (C=O) groups is 1. The Balaban J connectivity index is 2.23. The van der Waals surface area contributed by atoms with Crippen LogP contribution in [0.25, 0.3) is 0 Å². The fraction of sp³-hybridized carbons (Fsp3) is 0.462. The number of hydrogen-bond acceptors (Lipinski definition) is 2. The Morgan fingerprint density at radius 2 is 2.33 bits per heavy atom. The highest BCUT2D eigenvalue weighted by Crippen LogP contribution is 2.28. The van der Waals surface area contributed by atoms with Crippen molar-refractivity contribution in [3.63, 3.8) is 0 Å². The fourth-order valence-corrected chi connectivity index (χ4v) is 2.32. The number of aldehydes is 1. The van der Waals surface area contributed by atoms with Gasteiger partial charge in [0.15, 0.2) is 0 Å². The average molecular weight is 203 g/mol. The van der Waals surface area contributed by atoms with E-state index in [4.69, 9.17) is 0 Å². The van der Waals surface area contributed by atoms with Gasteiger partial charge in [-0.15, -0.1) is 0 Å². The summed E-state index contributed by atoms with van der Waals surface area (Å²) in [6.07, 6.45) is 3.44. The van der Waals surface area contributed by atoms with E-state index in [2.05, 4.69) is 18.3 Å². The lowest BCUT2D eigenvalue weighted by Gasteiger charge is -2.30. The summed E-state index contributed by atoms with van der Waals surface area (Å²) < 4.78 is 0. The van der Waals surface area contributed by atoms with Crippen molar-refractivity contribution in [1.82, 2.24) is 5.32 Å². The van der Waals surface area contributed by atoms with Crippen molar-refractivity contribution in [1.29, 1.82) is 0 Å². The second-order valence-corrected chi connectivity index (χ2v) is 4.34.